The average Bonchev–Trinajstić information content (AvgIpc) is 3.57. The van der Waals surface area contributed by atoms with Crippen molar-refractivity contribution in [2.75, 3.05) is 4.90 Å². The maximum Gasteiger partial charge on any atom is 0.261 e. The van der Waals surface area contributed by atoms with E-state index in [0.717, 1.165) is 37.3 Å². The predicted molar refractivity (Wildman–Crippen MR) is 144 cm³/mol. The van der Waals surface area contributed by atoms with E-state index in [2.05, 4.69) is 18.0 Å². The maximum atomic E-state index is 14.3. The van der Waals surface area contributed by atoms with E-state index < -0.39 is 0 Å². The summed E-state index contributed by atoms with van der Waals surface area (Å²) in [5, 5.41) is 3.51. The van der Waals surface area contributed by atoms with Gasteiger partial charge in [0.15, 0.2) is 5.13 Å². The summed E-state index contributed by atoms with van der Waals surface area (Å²) in [7, 11) is 0. The molecule has 7 heteroatoms. The molecule has 6 rings (SSSR count). The van der Waals surface area contributed by atoms with Gasteiger partial charge in [-0.25, -0.2) is 9.97 Å². The van der Waals surface area contributed by atoms with E-state index in [9.17, 15) is 4.79 Å². The number of carbonyl (C=O) groups excluding carboxylic acids is 1. The summed E-state index contributed by atoms with van der Waals surface area (Å²) in [4.78, 5) is 31.0. The molecule has 0 aliphatic carbocycles. The summed E-state index contributed by atoms with van der Waals surface area (Å²) < 4.78 is 1.06. The van der Waals surface area contributed by atoms with Crippen molar-refractivity contribution in [3.8, 4) is 10.6 Å². The van der Waals surface area contributed by atoms with E-state index >= 15 is 0 Å². The molecule has 6 aromatic rings. The zero-order valence-electron chi connectivity index (χ0n) is 18.9. The number of para-hydroxylation sites is 1. The van der Waals surface area contributed by atoms with E-state index in [0.29, 0.717) is 17.2 Å². The van der Waals surface area contributed by atoms with Crippen molar-refractivity contribution in [1.82, 2.24) is 15.0 Å². The molecule has 0 unspecified atom stereocenters. The second-order valence-corrected chi connectivity index (χ2v) is 10.2. The lowest BCUT2D eigenvalue weighted by molar-refractivity contribution is 0.0986. The Balaban J connectivity index is 1.52. The van der Waals surface area contributed by atoms with Crippen LogP contribution in [0.3, 0.4) is 0 Å². The highest BCUT2D eigenvalue weighted by atomic mass is 32.1. The molecular formula is C28H20N4OS2. The molecule has 0 fully saturated rings. The van der Waals surface area contributed by atoms with Crippen molar-refractivity contribution in [3.63, 3.8) is 0 Å². The minimum absolute atomic E-state index is 0.110. The molecule has 4 heterocycles. The standard InChI is InChI=1S/C28H20N4OS2/c1-18-10-11-23-26(14-18)35-28(31-23)32(17-19-6-4-12-29-16-19)27(33)21-15-24(25-9-5-13-34-25)30-22-8-3-2-7-20(21)22/h2-16H,17H2,1H3. The van der Waals surface area contributed by atoms with E-state index in [1.54, 1.807) is 28.6 Å². The molecule has 0 atom stereocenters. The molecule has 0 bridgehead atoms. The number of amides is 1. The summed E-state index contributed by atoms with van der Waals surface area (Å²) in [6.07, 6.45) is 3.53. The van der Waals surface area contributed by atoms with Gasteiger partial charge in [-0.3, -0.25) is 14.7 Å². The normalized spacial score (nSPS) is 11.2. The maximum absolute atomic E-state index is 14.3. The van der Waals surface area contributed by atoms with Gasteiger partial charge in [0.25, 0.3) is 5.91 Å². The van der Waals surface area contributed by atoms with Gasteiger partial charge in [0.2, 0.25) is 0 Å². The van der Waals surface area contributed by atoms with Crippen LogP contribution < -0.4 is 4.90 Å². The fraction of sp³-hybridized carbons (Fsp3) is 0.0714. The summed E-state index contributed by atoms with van der Waals surface area (Å²) in [5.74, 6) is -0.110. The fourth-order valence-electron chi connectivity index (χ4n) is 4.08. The monoisotopic (exact) mass is 492 g/mol. The highest BCUT2D eigenvalue weighted by Gasteiger charge is 2.25. The van der Waals surface area contributed by atoms with Gasteiger partial charge in [0.1, 0.15) is 0 Å². The van der Waals surface area contributed by atoms with Crippen molar-refractivity contribution in [2.24, 2.45) is 0 Å². The molecule has 0 aliphatic rings. The Labute approximate surface area is 210 Å². The number of aryl methyl sites for hydroxylation is 1. The first-order chi connectivity index (χ1) is 17.2. The Kier molecular flexibility index (Phi) is 5.56. The van der Waals surface area contributed by atoms with Crippen molar-refractivity contribution < 1.29 is 4.79 Å². The quantitative estimate of drug-likeness (QED) is 0.257. The van der Waals surface area contributed by atoms with Crippen LogP contribution in [-0.4, -0.2) is 20.9 Å². The highest BCUT2D eigenvalue weighted by molar-refractivity contribution is 7.22. The lowest BCUT2D eigenvalue weighted by atomic mass is 10.1. The van der Waals surface area contributed by atoms with Crippen LogP contribution in [0.25, 0.3) is 31.7 Å². The zero-order valence-corrected chi connectivity index (χ0v) is 20.5. The first-order valence-electron chi connectivity index (χ1n) is 11.2. The van der Waals surface area contributed by atoms with Gasteiger partial charge in [0.05, 0.1) is 38.4 Å². The second kappa shape index (κ2) is 9.02. The topological polar surface area (TPSA) is 59.0 Å². The highest BCUT2D eigenvalue weighted by Crippen LogP contribution is 2.34. The van der Waals surface area contributed by atoms with Gasteiger partial charge in [-0.05, 0) is 59.8 Å². The number of thiazole rings is 1. The Morgan fingerprint density at radius 2 is 1.86 bits per heavy atom. The Morgan fingerprint density at radius 1 is 0.943 bits per heavy atom. The van der Waals surface area contributed by atoms with Crippen molar-refractivity contribution in [3.05, 3.63) is 107 Å². The molecule has 0 spiro atoms. The third-order valence-electron chi connectivity index (χ3n) is 5.79. The minimum Gasteiger partial charge on any atom is -0.279 e. The SMILES string of the molecule is Cc1ccc2nc(N(Cc3cccnc3)C(=O)c3cc(-c4cccs4)nc4ccccc34)sc2c1. The molecular weight excluding hydrogens is 472 g/mol. The van der Waals surface area contributed by atoms with Crippen LogP contribution in [0.15, 0.2) is 90.6 Å². The molecule has 5 nitrogen and oxygen atoms in total. The smallest absolute Gasteiger partial charge is 0.261 e. The number of fused-ring (bicyclic) bond motifs is 2. The molecule has 0 saturated carbocycles. The number of nitrogens with zero attached hydrogens (tertiary/aromatic N) is 4. The summed E-state index contributed by atoms with van der Waals surface area (Å²) in [6.45, 7) is 2.43. The van der Waals surface area contributed by atoms with Crippen LogP contribution in [0.4, 0.5) is 5.13 Å². The molecule has 0 radical (unpaired) electrons. The molecule has 2 aromatic carbocycles. The largest absolute Gasteiger partial charge is 0.279 e. The molecule has 35 heavy (non-hydrogen) atoms. The van der Waals surface area contributed by atoms with Crippen LogP contribution in [-0.2, 0) is 6.54 Å². The number of thiophene rings is 1. The van der Waals surface area contributed by atoms with Gasteiger partial charge in [0, 0.05) is 17.8 Å². The summed E-state index contributed by atoms with van der Waals surface area (Å²) >= 11 is 3.14. The van der Waals surface area contributed by atoms with Gasteiger partial charge in [-0.15, -0.1) is 11.3 Å². The lowest BCUT2D eigenvalue weighted by Crippen LogP contribution is -2.30. The van der Waals surface area contributed by atoms with Crippen molar-refractivity contribution in [1.29, 1.82) is 0 Å². The Morgan fingerprint density at radius 3 is 2.69 bits per heavy atom. The minimum atomic E-state index is -0.110. The van der Waals surface area contributed by atoms with Gasteiger partial charge in [-0.2, -0.15) is 0 Å². The van der Waals surface area contributed by atoms with E-state index in [4.69, 9.17) is 9.97 Å². The average molecular weight is 493 g/mol. The number of aromatic nitrogens is 3. The van der Waals surface area contributed by atoms with E-state index in [-0.39, 0.29) is 5.91 Å². The third kappa shape index (κ3) is 4.20. The van der Waals surface area contributed by atoms with Crippen molar-refractivity contribution >= 4 is 54.8 Å². The molecule has 0 saturated heterocycles. The van der Waals surface area contributed by atoms with Gasteiger partial charge < -0.3 is 0 Å². The number of hydrogen-bond acceptors (Lipinski definition) is 6. The molecule has 4 aromatic heterocycles. The summed E-state index contributed by atoms with van der Waals surface area (Å²) in [6, 6.07) is 23.8. The first kappa shape index (κ1) is 21.6. The van der Waals surface area contributed by atoms with Crippen LogP contribution in [0.2, 0.25) is 0 Å². The number of anilines is 1. The lowest BCUT2D eigenvalue weighted by Gasteiger charge is -2.21. The van der Waals surface area contributed by atoms with Gasteiger partial charge >= 0.3 is 0 Å². The first-order valence-corrected chi connectivity index (χ1v) is 12.9. The number of rotatable bonds is 5. The molecule has 170 valence electrons. The van der Waals surface area contributed by atoms with Crippen LogP contribution in [0.1, 0.15) is 21.5 Å². The molecule has 0 N–H and O–H groups in total. The number of hydrogen-bond donors (Lipinski definition) is 0. The van der Waals surface area contributed by atoms with Crippen LogP contribution >= 0.6 is 22.7 Å². The van der Waals surface area contributed by atoms with Crippen molar-refractivity contribution in [2.45, 2.75) is 13.5 Å². The Bertz CT molecular complexity index is 1660. The number of pyridine rings is 2. The van der Waals surface area contributed by atoms with E-state index in [1.165, 1.54) is 16.9 Å². The Hall–Kier alpha value is -3.94. The molecule has 1 amide bonds. The van der Waals surface area contributed by atoms with Gasteiger partial charge in [-0.1, -0.05) is 47.7 Å². The zero-order chi connectivity index (χ0) is 23.8. The summed E-state index contributed by atoms with van der Waals surface area (Å²) in [5.41, 5.74) is 5.19. The van der Waals surface area contributed by atoms with Crippen LogP contribution in [0, 0.1) is 6.92 Å². The van der Waals surface area contributed by atoms with E-state index in [1.807, 2.05) is 72.1 Å². The number of benzene rings is 2. The molecule has 0 aliphatic heterocycles. The van der Waals surface area contributed by atoms with Crippen LogP contribution in [0.5, 0.6) is 0 Å². The third-order valence-corrected chi connectivity index (χ3v) is 7.73. The predicted octanol–water partition coefficient (Wildman–Crippen LogP) is 7.12. The number of carbonyl (C=O) groups is 1. The fourth-order valence-corrected chi connectivity index (χ4v) is 5.83. The second-order valence-electron chi connectivity index (χ2n) is 8.27.